The summed E-state index contributed by atoms with van der Waals surface area (Å²) in [5.74, 6) is 0.310. The zero-order valence-electron chi connectivity index (χ0n) is 19.0. The summed E-state index contributed by atoms with van der Waals surface area (Å²) in [6.07, 6.45) is 4.10. The monoisotopic (exact) mass is 498 g/mol. The molecule has 0 aliphatic rings. The third kappa shape index (κ3) is 5.58. The van der Waals surface area contributed by atoms with Gasteiger partial charge in [-0.2, -0.15) is 16.8 Å². The number of benzene rings is 3. The largest absolute Gasteiger partial charge is 0.379 e. The molecule has 0 radical (unpaired) electrons. The fraction of sp³-hybridized carbons (Fsp3) is 0.154. The molecular weight excluding hydrogens is 472 g/mol. The minimum Gasteiger partial charge on any atom is -0.379 e. The summed E-state index contributed by atoms with van der Waals surface area (Å²) >= 11 is 0. The molecule has 0 spiro atoms. The van der Waals surface area contributed by atoms with Crippen LogP contribution in [0.3, 0.4) is 0 Å². The van der Waals surface area contributed by atoms with Gasteiger partial charge in [0.25, 0.3) is 0 Å². The van der Waals surface area contributed by atoms with Gasteiger partial charge in [-0.05, 0) is 73.2 Å². The molecule has 0 aliphatic carbocycles. The van der Waals surface area contributed by atoms with Crippen LogP contribution in [-0.2, 0) is 33.1 Å². The molecule has 0 amide bonds. The van der Waals surface area contributed by atoms with E-state index in [2.05, 4.69) is 13.2 Å². The average molecular weight is 499 g/mol. The van der Waals surface area contributed by atoms with Crippen molar-refractivity contribution in [2.45, 2.75) is 36.5 Å². The van der Waals surface area contributed by atoms with Gasteiger partial charge < -0.3 is 8.37 Å². The first-order valence-electron chi connectivity index (χ1n) is 10.5. The van der Waals surface area contributed by atoms with Gasteiger partial charge in [0.05, 0.1) is 0 Å². The third-order valence-corrected chi connectivity index (χ3v) is 7.79. The molecule has 0 bridgehead atoms. The maximum absolute atomic E-state index is 13.2. The van der Waals surface area contributed by atoms with E-state index in [1.807, 2.05) is 0 Å². The summed E-state index contributed by atoms with van der Waals surface area (Å²) < 4.78 is 63.7. The third-order valence-electron chi connectivity index (χ3n) is 5.07. The van der Waals surface area contributed by atoms with Gasteiger partial charge in [-0.25, -0.2) is 0 Å². The van der Waals surface area contributed by atoms with Crippen molar-refractivity contribution in [3.05, 3.63) is 108 Å². The lowest BCUT2D eigenvalue weighted by Crippen LogP contribution is -2.17. The van der Waals surface area contributed by atoms with Crippen LogP contribution in [0.25, 0.3) is 0 Å². The fourth-order valence-corrected chi connectivity index (χ4v) is 6.13. The molecule has 0 N–H and O–H groups in total. The lowest BCUT2D eigenvalue weighted by molar-refractivity contribution is 0.479. The molecule has 0 saturated carbocycles. The van der Waals surface area contributed by atoms with Crippen molar-refractivity contribution in [1.29, 1.82) is 0 Å². The molecule has 0 unspecified atom stereocenters. The van der Waals surface area contributed by atoms with E-state index in [1.165, 1.54) is 19.1 Å². The first-order chi connectivity index (χ1) is 16.1. The second-order valence-electron chi connectivity index (χ2n) is 7.66. The topological polar surface area (TPSA) is 86.7 Å². The minimum atomic E-state index is -4.35. The second kappa shape index (κ2) is 10.3. The van der Waals surface area contributed by atoms with Gasteiger partial charge >= 0.3 is 20.2 Å². The molecule has 3 rings (SSSR count). The smallest absolute Gasteiger partial charge is 0.339 e. The van der Waals surface area contributed by atoms with Gasteiger partial charge in [-0.15, -0.1) is 13.2 Å². The van der Waals surface area contributed by atoms with E-state index in [9.17, 15) is 16.8 Å². The van der Waals surface area contributed by atoms with Crippen molar-refractivity contribution in [1.82, 2.24) is 0 Å². The highest BCUT2D eigenvalue weighted by Gasteiger charge is 2.28. The lowest BCUT2D eigenvalue weighted by Gasteiger charge is -2.16. The van der Waals surface area contributed by atoms with Crippen molar-refractivity contribution in [3.8, 4) is 11.5 Å². The first kappa shape index (κ1) is 25.3. The Balaban J connectivity index is 2.05. The van der Waals surface area contributed by atoms with Crippen molar-refractivity contribution >= 4 is 20.2 Å². The molecule has 3 aromatic carbocycles. The van der Waals surface area contributed by atoms with Crippen LogP contribution >= 0.6 is 0 Å². The molecular formula is C26H26O6S2. The lowest BCUT2D eigenvalue weighted by atomic mass is 10.1. The highest BCUT2D eigenvalue weighted by Crippen LogP contribution is 2.31. The van der Waals surface area contributed by atoms with E-state index in [0.717, 1.165) is 0 Å². The summed E-state index contributed by atoms with van der Waals surface area (Å²) in [4.78, 5) is -0.495. The van der Waals surface area contributed by atoms with Crippen LogP contribution in [0.5, 0.6) is 11.5 Å². The first-order valence-corrected chi connectivity index (χ1v) is 13.3. The van der Waals surface area contributed by atoms with Crippen LogP contribution in [0.1, 0.15) is 22.3 Å². The maximum atomic E-state index is 13.2. The Morgan fingerprint density at radius 3 is 1.47 bits per heavy atom. The number of para-hydroxylation sites is 2. The Hall–Kier alpha value is -3.36. The van der Waals surface area contributed by atoms with Crippen molar-refractivity contribution in [3.63, 3.8) is 0 Å². The second-order valence-corrected chi connectivity index (χ2v) is 10.7. The van der Waals surface area contributed by atoms with E-state index in [4.69, 9.17) is 8.37 Å². The van der Waals surface area contributed by atoms with Crippen molar-refractivity contribution in [2.75, 3.05) is 0 Å². The SMILES string of the molecule is C=CCc1ccccc1OS(=O)(=O)c1cc(C)cc(S(=O)(=O)Oc2ccccc2CC=C)c1C. The zero-order valence-corrected chi connectivity index (χ0v) is 20.7. The summed E-state index contributed by atoms with van der Waals surface area (Å²) in [6.45, 7) is 10.4. The van der Waals surface area contributed by atoms with Crippen LogP contribution in [-0.4, -0.2) is 16.8 Å². The number of allylic oxidation sites excluding steroid dienone is 2. The summed E-state index contributed by atoms with van der Waals surface area (Å²) in [6, 6.07) is 16.2. The van der Waals surface area contributed by atoms with E-state index >= 15 is 0 Å². The molecule has 0 aromatic heterocycles. The quantitative estimate of drug-likeness (QED) is 0.279. The number of aryl methyl sites for hydroxylation is 1. The standard InChI is InChI=1S/C26H26O6S2/c1-5-11-21-13-7-9-15-23(21)31-33(27,28)25-17-19(3)18-26(20(25)4)34(29,30)32-24-16-10-8-14-22(24)12-6-2/h5-10,13-18H,1-2,11-12H2,3-4H3. The Morgan fingerprint density at radius 2 is 1.09 bits per heavy atom. The van der Waals surface area contributed by atoms with Crippen molar-refractivity contribution < 1.29 is 25.2 Å². The number of hydrogen-bond acceptors (Lipinski definition) is 6. The van der Waals surface area contributed by atoms with E-state index in [1.54, 1.807) is 67.6 Å². The Labute approximate surface area is 201 Å². The Bertz CT molecular complexity index is 1330. The molecule has 0 aliphatic heterocycles. The predicted octanol–water partition coefficient (Wildman–Crippen LogP) is 5.30. The van der Waals surface area contributed by atoms with Gasteiger partial charge in [0.2, 0.25) is 0 Å². The normalized spacial score (nSPS) is 11.6. The number of hydrogen-bond donors (Lipinski definition) is 0. The van der Waals surface area contributed by atoms with Crippen molar-refractivity contribution in [2.24, 2.45) is 0 Å². The van der Waals surface area contributed by atoms with Crippen LogP contribution in [0.15, 0.2) is 95.8 Å². The number of rotatable bonds is 10. The molecule has 0 atom stereocenters. The van der Waals surface area contributed by atoms with Crippen LogP contribution in [0.4, 0.5) is 0 Å². The minimum absolute atomic E-state index is 0.00741. The van der Waals surface area contributed by atoms with Gasteiger partial charge in [-0.3, -0.25) is 0 Å². The van der Waals surface area contributed by atoms with E-state index < -0.39 is 20.2 Å². The molecule has 178 valence electrons. The summed E-state index contributed by atoms with van der Waals surface area (Å²) in [7, 11) is -8.69. The fourth-order valence-electron chi connectivity index (χ4n) is 3.46. The molecule has 0 heterocycles. The van der Waals surface area contributed by atoms with Gasteiger partial charge in [0, 0.05) is 0 Å². The predicted molar refractivity (Wildman–Crippen MR) is 132 cm³/mol. The van der Waals surface area contributed by atoms with Gasteiger partial charge in [-0.1, -0.05) is 48.6 Å². The zero-order chi connectivity index (χ0) is 24.9. The summed E-state index contributed by atoms with van der Waals surface area (Å²) in [5.41, 5.74) is 1.71. The maximum Gasteiger partial charge on any atom is 0.339 e. The van der Waals surface area contributed by atoms with Gasteiger partial charge in [0.1, 0.15) is 21.3 Å². The van der Waals surface area contributed by atoms with Crippen LogP contribution in [0, 0.1) is 13.8 Å². The highest BCUT2D eigenvalue weighted by atomic mass is 32.2. The van der Waals surface area contributed by atoms with E-state index in [-0.39, 0.29) is 26.9 Å². The molecule has 0 saturated heterocycles. The molecule has 34 heavy (non-hydrogen) atoms. The molecule has 8 heteroatoms. The van der Waals surface area contributed by atoms with Crippen LogP contribution in [0.2, 0.25) is 0 Å². The molecule has 0 fully saturated rings. The van der Waals surface area contributed by atoms with Crippen LogP contribution < -0.4 is 8.37 Å². The molecule has 6 nitrogen and oxygen atoms in total. The highest BCUT2D eigenvalue weighted by molar-refractivity contribution is 7.88. The average Bonchev–Trinajstić information content (AvgIpc) is 2.77. The van der Waals surface area contributed by atoms with Gasteiger partial charge in [0.15, 0.2) is 0 Å². The molecule has 3 aromatic rings. The Morgan fingerprint density at radius 1 is 0.706 bits per heavy atom. The van der Waals surface area contributed by atoms with E-state index in [0.29, 0.717) is 29.5 Å². The Kier molecular flexibility index (Phi) is 7.64. The summed E-state index contributed by atoms with van der Waals surface area (Å²) in [5, 5.41) is 0.